The van der Waals surface area contributed by atoms with Gasteiger partial charge in [0, 0.05) is 25.9 Å². The fourth-order valence-electron chi connectivity index (χ4n) is 2.52. The summed E-state index contributed by atoms with van der Waals surface area (Å²) in [5.74, 6) is -1.37. The number of piperidine rings is 1. The van der Waals surface area contributed by atoms with Gasteiger partial charge >= 0.3 is 12.1 Å². The molecule has 21 heavy (non-hydrogen) atoms. The molecule has 0 aromatic heterocycles. The molecule has 0 amide bonds. The fraction of sp³-hybridized carbons (Fsp3) is 0.500. The smallest absolute Gasteiger partial charge is 0.418 e. The number of carboxylic acids is 1. The molecule has 1 aliphatic rings. The first-order valence-corrected chi connectivity index (χ1v) is 6.55. The van der Waals surface area contributed by atoms with Crippen LogP contribution in [0, 0.1) is 0 Å². The Labute approximate surface area is 120 Å². The second-order valence-corrected chi connectivity index (χ2v) is 4.98. The van der Waals surface area contributed by atoms with E-state index < -0.39 is 17.7 Å². The molecule has 1 aromatic rings. The van der Waals surface area contributed by atoms with Crippen LogP contribution in [-0.2, 0) is 10.9 Å². The van der Waals surface area contributed by atoms with Gasteiger partial charge in [-0.3, -0.25) is 0 Å². The molecule has 0 spiro atoms. The van der Waals surface area contributed by atoms with Crippen molar-refractivity contribution in [3.05, 3.63) is 29.3 Å². The summed E-state index contributed by atoms with van der Waals surface area (Å²) in [6, 6.07) is 3.11. The summed E-state index contributed by atoms with van der Waals surface area (Å²) < 4.78 is 44.7. The van der Waals surface area contributed by atoms with Crippen LogP contribution in [0.2, 0.25) is 0 Å². The maximum Gasteiger partial charge on any atom is 0.418 e. The van der Waals surface area contributed by atoms with Crippen LogP contribution in [0.1, 0.15) is 28.8 Å². The molecule has 116 valence electrons. The van der Waals surface area contributed by atoms with E-state index in [1.807, 2.05) is 0 Å². The first-order chi connectivity index (χ1) is 9.82. The predicted molar refractivity (Wildman–Crippen MR) is 70.6 cm³/mol. The molecule has 1 heterocycles. The molecule has 7 heteroatoms. The molecule has 0 bridgehead atoms. The number of benzene rings is 1. The van der Waals surface area contributed by atoms with Gasteiger partial charge in [0.25, 0.3) is 0 Å². The van der Waals surface area contributed by atoms with Crippen molar-refractivity contribution < 1.29 is 27.8 Å². The van der Waals surface area contributed by atoms with Crippen molar-refractivity contribution in [3.63, 3.8) is 0 Å². The Bertz CT molecular complexity index is 531. The highest BCUT2D eigenvalue weighted by molar-refractivity contribution is 5.88. The molecule has 1 N–H and O–H groups in total. The van der Waals surface area contributed by atoms with Crippen molar-refractivity contribution in [2.45, 2.75) is 25.1 Å². The van der Waals surface area contributed by atoms with Crippen molar-refractivity contribution in [3.8, 4) is 0 Å². The van der Waals surface area contributed by atoms with Gasteiger partial charge in [-0.15, -0.1) is 0 Å². The average Bonchev–Trinajstić information content (AvgIpc) is 2.45. The Balaban J connectivity index is 2.40. The van der Waals surface area contributed by atoms with Gasteiger partial charge in [0.2, 0.25) is 0 Å². The highest BCUT2D eigenvalue weighted by atomic mass is 19.4. The van der Waals surface area contributed by atoms with Crippen LogP contribution < -0.4 is 4.90 Å². The van der Waals surface area contributed by atoms with Gasteiger partial charge < -0.3 is 14.7 Å². The number of aromatic carboxylic acids is 1. The number of halogens is 3. The maximum absolute atomic E-state index is 13.2. The van der Waals surface area contributed by atoms with E-state index in [-0.39, 0.29) is 17.4 Å². The number of ether oxygens (including phenoxy) is 1. The molecule has 1 atom stereocenters. The quantitative estimate of drug-likeness (QED) is 0.932. The van der Waals surface area contributed by atoms with Crippen LogP contribution in [-0.4, -0.2) is 37.4 Å². The highest BCUT2D eigenvalue weighted by Gasteiger charge is 2.36. The number of rotatable bonds is 3. The van der Waals surface area contributed by atoms with Crippen molar-refractivity contribution in [1.82, 2.24) is 0 Å². The molecule has 1 saturated heterocycles. The van der Waals surface area contributed by atoms with Gasteiger partial charge in [-0.25, -0.2) is 4.79 Å². The summed E-state index contributed by atoms with van der Waals surface area (Å²) >= 11 is 0. The molecular formula is C14H16F3NO3. The lowest BCUT2D eigenvalue weighted by Crippen LogP contribution is -2.40. The van der Waals surface area contributed by atoms with Crippen LogP contribution in [0.25, 0.3) is 0 Å². The molecule has 4 nitrogen and oxygen atoms in total. The maximum atomic E-state index is 13.2. The number of methoxy groups -OCH3 is 1. The SMILES string of the molecule is COC1CCCN(c2ccc(C(=O)O)cc2C(F)(F)F)C1. The van der Waals surface area contributed by atoms with Crippen LogP contribution >= 0.6 is 0 Å². The molecule has 1 aliphatic heterocycles. The fourth-order valence-corrected chi connectivity index (χ4v) is 2.52. The van der Waals surface area contributed by atoms with E-state index in [2.05, 4.69) is 0 Å². The molecular weight excluding hydrogens is 287 g/mol. The summed E-state index contributed by atoms with van der Waals surface area (Å²) in [7, 11) is 1.53. The van der Waals surface area contributed by atoms with E-state index in [4.69, 9.17) is 9.84 Å². The lowest BCUT2D eigenvalue weighted by molar-refractivity contribution is -0.137. The Hall–Kier alpha value is -1.76. The van der Waals surface area contributed by atoms with E-state index in [0.717, 1.165) is 12.8 Å². The molecule has 0 aliphatic carbocycles. The molecule has 1 unspecified atom stereocenters. The van der Waals surface area contributed by atoms with E-state index in [0.29, 0.717) is 19.2 Å². The Morgan fingerprint density at radius 1 is 1.43 bits per heavy atom. The summed E-state index contributed by atoms with van der Waals surface area (Å²) in [5.41, 5.74) is -1.28. The summed E-state index contributed by atoms with van der Waals surface area (Å²) in [6.07, 6.45) is -3.17. The van der Waals surface area contributed by atoms with Crippen molar-refractivity contribution >= 4 is 11.7 Å². The zero-order valence-corrected chi connectivity index (χ0v) is 11.5. The van der Waals surface area contributed by atoms with Gasteiger partial charge in [0.1, 0.15) is 0 Å². The second-order valence-electron chi connectivity index (χ2n) is 4.98. The minimum atomic E-state index is -4.60. The van der Waals surface area contributed by atoms with E-state index in [1.54, 1.807) is 4.90 Å². The lowest BCUT2D eigenvalue weighted by atomic mass is 10.0. The predicted octanol–water partition coefficient (Wildman–Crippen LogP) is 3.02. The van der Waals surface area contributed by atoms with Crippen molar-refractivity contribution in [1.29, 1.82) is 0 Å². The molecule has 2 rings (SSSR count). The number of hydrogen-bond donors (Lipinski definition) is 1. The number of anilines is 1. The summed E-state index contributed by atoms with van der Waals surface area (Å²) in [4.78, 5) is 12.5. The monoisotopic (exact) mass is 303 g/mol. The number of carboxylic acid groups (broad SMARTS) is 1. The lowest BCUT2D eigenvalue weighted by Gasteiger charge is -2.35. The third-order valence-corrected chi connectivity index (χ3v) is 3.60. The van der Waals surface area contributed by atoms with Crippen molar-refractivity contribution in [2.75, 3.05) is 25.1 Å². The Morgan fingerprint density at radius 2 is 2.14 bits per heavy atom. The van der Waals surface area contributed by atoms with Crippen molar-refractivity contribution in [2.24, 2.45) is 0 Å². The van der Waals surface area contributed by atoms with Gasteiger partial charge in [-0.2, -0.15) is 13.2 Å². The Kier molecular flexibility index (Phi) is 4.41. The number of alkyl halides is 3. The highest BCUT2D eigenvalue weighted by Crippen LogP contribution is 2.38. The molecule has 0 radical (unpaired) electrons. The minimum Gasteiger partial charge on any atom is -0.478 e. The minimum absolute atomic E-state index is 0.00856. The molecule has 1 fully saturated rings. The third-order valence-electron chi connectivity index (χ3n) is 3.60. The third kappa shape index (κ3) is 3.47. The molecule has 1 aromatic carbocycles. The van der Waals surface area contributed by atoms with E-state index in [9.17, 15) is 18.0 Å². The van der Waals surface area contributed by atoms with Crippen LogP contribution in [0.3, 0.4) is 0 Å². The van der Waals surface area contributed by atoms with E-state index in [1.165, 1.54) is 19.2 Å². The second kappa shape index (κ2) is 5.93. The van der Waals surface area contributed by atoms with Gasteiger partial charge in [0.15, 0.2) is 0 Å². The summed E-state index contributed by atoms with van der Waals surface area (Å²) in [6.45, 7) is 0.862. The van der Waals surface area contributed by atoms with Gasteiger partial charge in [-0.05, 0) is 31.0 Å². The first-order valence-electron chi connectivity index (χ1n) is 6.55. The number of carbonyl (C=O) groups is 1. The standard InChI is InChI=1S/C14H16F3NO3/c1-21-10-3-2-6-18(8-10)12-5-4-9(13(19)20)7-11(12)14(15,16)17/h4-5,7,10H,2-3,6,8H2,1H3,(H,19,20). The van der Waals surface area contributed by atoms with Crippen LogP contribution in [0.15, 0.2) is 18.2 Å². The summed E-state index contributed by atoms with van der Waals surface area (Å²) in [5, 5.41) is 8.86. The van der Waals surface area contributed by atoms with Crippen LogP contribution in [0.4, 0.5) is 18.9 Å². The van der Waals surface area contributed by atoms with Gasteiger partial charge in [-0.1, -0.05) is 0 Å². The molecule has 0 saturated carbocycles. The van der Waals surface area contributed by atoms with Crippen LogP contribution in [0.5, 0.6) is 0 Å². The number of hydrogen-bond acceptors (Lipinski definition) is 3. The first kappa shape index (κ1) is 15.6. The topological polar surface area (TPSA) is 49.8 Å². The van der Waals surface area contributed by atoms with E-state index >= 15 is 0 Å². The Morgan fingerprint density at radius 3 is 2.71 bits per heavy atom. The zero-order valence-electron chi connectivity index (χ0n) is 11.5. The number of nitrogens with zero attached hydrogens (tertiary/aromatic N) is 1. The zero-order chi connectivity index (χ0) is 15.6. The normalized spacial score (nSPS) is 19.6. The largest absolute Gasteiger partial charge is 0.478 e. The average molecular weight is 303 g/mol. The van der Waals surface area contributed by atoms with Gasteiger partial charge in [0.05, 0.1) is 17.2 Å².